The standard InChI is InChI=1S/C12H20N2OS/c1-3-7-13-8-10-9-16-11(14-10)12(15-2)5-4-6-12/h9,13H,3-8H2,1-2H3. The first kappa shape index (κ1) is 12.0. The molecule has 0 saturated heterocycles. The molecule has 2 rings (SSSR count). The van der Waals surface area contributed by atoms with Crippen LogP contribution in [0.4, 0.5) is 0 Å². The van der Waals surface area contributed by atoms with Crippen molar-refractivity contribution in [2.45, 2.75) is 44.8 Å². The largest absolute Gasteiger partial charge is 0.371 e. The summed E-state index contributed by atoms with van der Waals surface area (Å²) in [7, 11) is 1.80. The van der Waals surface area contributed by atoms with Crippen LogP contribution in [0.2, 0.25) is 0 Å². The first-order chi connectivity index (χ1) is 7.80. The molecule has 1 saturated carbocycles. The second-order valence-electron chi connectivity index (χ2n) is 4.37. The fourth-order valence-electron chi connectivity index (χ4n) is 1.99. The van der Waals surface area contributed by atoms with Crippen molar-refractivity contribution >= 4 is 11.3 Å². The van der Waals surface area contributed by atoms with Gasteiger partial charge in [0.05, 0.1) is 5.69 Å². The van der Waals surface area contributed by atoms with Gasteiger partial charge in [-0.2, -0.15) is 0 Å². The molecular formula is C12H20N2OS. The van der Waals surface area contributed by atoms with Crippen molar-refractivity contribution < 1.29 is 4.74 Å². The highest BCUT2D eigenvalue weighted by Gasteiger charge is 2.41. The Morgan fingerprint density at radius 1 is 1.56 bits per heavy atom. The molecule has 0 aliphatic heterocycles. The molecule has 0 aromatic carbocycles. The fourth-order valence-corrected chi connectivity index (χ4v) is 3.05. The van der Waals surface area contributed by atoms with Gasteiger partial charge in [0.2, 0.25) is 0 Å². The fraction of sp³-hybridized carbons (Fsp3) is 0.750. The normalized spacial score (nSPS) is 18.4. The zero-order valence-corrected chi connectivity index (χ0v) is 10.9. The number of ether oxygens (including phenoxy) is 1. The molecule has 4 heteroatoms. The maximum atomic E-state index is 5.63. The minimum Gasteiger partial charge on any atom is -0.371 e. The van der Waals surface area contributed by atoms with E-state index in [1.165, 1.54) is 12.8 Å². The van der Waals surface area contributed by atoms with Gasteiger partial charge in [0.25, 0.3) is 0 Å². The molecular weight excluding hydrogens is 220 g/mol. The third-order valence-electron chi connectivity index (χ3n) is 3.23. The van der Waals surface area contributed by atoms with Crippen molar-refractivity contribution in [2.75, 3.05) is 13.7 Å². The zero-order valence-electron chi connectivity index (χ0n) is 10.1. The lowest BCUT2D eigenvalue weighted by atomic mass is 9.80. The number of hydrogen-bond donors (Lipinski definition) is 1. The summed E-state index contributed by atoms with van der Waals surface area (Å²) in [5.74, 6) is 0. The van der Waals surface area contributed by atoms with Crippen LogP contribution in [-0.2, 0) is 16.9 Å². The summed E-state index contributed by atoms with van der Waals surface area (Å²) in [6.45, 7) is 4.11. The predicted octanol–water partition coefficient (Wildman–Crippen LogP) is 2.67. The zero-order chi connectivity index (χ0) is 11.4. The highest BCUT2D eigenvalue weighted by atomic mass is 32.1. The van der Waals surface area contributed by atoms with Crippen LogP contribution in [0.3, 0.4) is 0 Å². The van der Waals surface area contributed by atoms with E-state index in [-0.39, 0.29) is 5.60 Å². The molecule has 0 radical (unpaired) electrons. The van der Waals surface area contributed by atoms with Crippen molar-refractivity contribution in [3.05, 3.63) is 16.1 Å². The molecule has 16 heavy (non-hydrogen) atoms. The Kier molecular flexibility index (Phi) is 3.95. The highest BCUT2D eigenvalue weighted by Crippen LogP contribution is 2.45. The number of methoxy groups -OCH3 is 1. The maximum absolute atomic E-state index is 5.63. The SMILES string of the molecule is CCCNCc1csc(C2(OC)CCC2)n1. The average Bonchev–Trinajstić information content (AvgIpc) is 2.67. The quantitative estimate of drug-likeness (QED) is 0.776. The second-order valence-corrected chi connectivity index (χ2v) is 5.23. The van der Waals surface area contributed by atoms with Crippen LogP contribution in [0.1, 0.15) is 43.3 Å². The Hall–Kier alpha value is -0.450. The summed E-state index contributed by atoms with van der Waals surface area (Å²) in [5, 5.41) is 6.69. The molecule has 1 aromatic rings. The van der Waals surface area contributed by atoms with Crippen LogP contribution in [0, 0.1) is 0 Å². The van der Waals surface area contributed by atoms with Crippen LogP contribution in [-0.4, -0.2) is 18.6 Å². The summed E-state index contributed by atoms with van der Waals surface area (Å²) in [6.07, 6.45) is 4.67. The third-order valence-corrected chi connectivity index (χ3v) is 4.30. The number of aromatic nitrogens is 1. The summed E-state index contributed by atoms with van der Waals surface area (Å²) in [5.41, 5.74) is 1.10. The average molecular weight is 240 g/mol. The molecule has 1 N–H and O–H groups in total. The molecule has 1 aliphatic rings. The van der Waals surface area contributed by atoms with E-state index >= 15 is 0 Å². The molecule has 0 atom stereocenters. The molecule has 1 heterocycles. The molecule has 0 amide bonds. The van der Waals surface area contributed by atoms with Gasteiger partial charge >= 0.3 is 0 Å². The molecule has 1 aliphatic carbocycles. The van der Waals surface area contributed by atoms with Gasteiger partial charge in [0.1, 0.15) is 10.6 Å². The van der Waals surface area contributed by atoms with Gasteiger partial charge in [-0.15, -0.1) is 11.3 Å². The number of nitrogens with zero attached hydrogens (tertiary/aromatic N) is 1. The lowest BCUT2D eigenvalue weighted by Crippen LogP contribution is -2.36. The van der Waals surface area contributed by atoms with Crippen LogP contribution in [0.15, 0.2) is 5.38 Å². The molecule has 0 bridgehead atoms. The minimum absolute atomic E-state index is 0.0479. The number of rotatable bonds is 6. The van der Waals surface area contributed by atoms with E-state index in [0.717, 1.165) is 36.6 Å². The molecule has 3 nitrogen and oxygen atoms in total. The van der Waals surface area contributed by atoms with Crippen molar-refractivity contribution in [2.24, 2.45) is 0 Å². The topological polar surface area (TPSA) is 34.1 Å². The Labute approximate surface area is 101 Å². The third kappa shape index (κ3) is 2.29. The Bertz CT molecular complexity index is 328. The van der Waals surface area contributed by atoms with Gasteiger partial charge in [0, 0.05) is 19.0 Å². The number of nitrogens with one attached hydrogen (secondary N) is 1. The smallest absolute Gasteiger partial charge is 0.125 e. The van der Waals surface area contributed by atoms with Crippen molar-refractivity contribution in [3.63, 3.8) is 0 Å². The summed E-state index contributed by atoms with van der Waals surface area (Å²) in [6, 6.07) is 0. The first-order valence-corrected chi connectivity index (χ1v) is 6.89. The van der Waals surface area contributed by atoms with Crippen LogP contribution < -0.4 is 5.32 Å². The van der Waals surface area contributed by atoms with Gasteiger partial charge in [-0.05, 0) is 32.2 Å². The van der Waals surface area contributed by atoms with E-state index in [1.807, 2.05) is 0 Å². The van der Waals surface area contributed by atoms with Crippen molar-refractivity contribution in [1.82, 2.24) is 10.3 Å². The molecule has 1 aromatic heterocycles. The van der Waals surface area contributed by atoms with E-state index in [4.69, 9.17) is 4.74 Å². The van der Waals surface area contributed by atoms with E-state index in [9.17, 15) is 0 Å². The Morgan fingerprint density at radius 2 is 2.38 bits per heavy atom. The summed E-state index contributed by atoms with van der Waals surface area (Å²) in [4.78, 5) is 4.68. The van der Waals surface area contributed by atoms with E-state index in [0.29, 0.717) is 0 Å². The van der Waals surface area contributed by atoms with Gasteiger partial charge in [-0.25, -0.2) is 4.98 Å². The Balaban J connectivity index is 1.96. The lowest BCUT2D eigenvalue weighted by Gasteiger charge is -2.38. The van der Waals surface area contributed by atoms with Gasteiger partial charge in [-0.1, -0.05) is 6.92 Å². The van der Waals surface area contributed by atoms with Gasteiger partial charge < -0.3 is 10.1 Å². The van der Waals surface area contributed by atoms with Crippen LogP contribution in [0.5, 0.6) is 0 Å². The molecule has 0 spiro atoms. The highest BCUT2D eigenvalue weighted by molar-refractivity contribution is 7.09. The van der Waals surface area contributed by atoms with Gasteiger partial charge in [0.15, 0.2) is 0 Å². The number of thiazole rings is 1. The predicted molar refractivity (Wildman–Crippen MR) is 66.6 cm³/mol. The second kappa shape index (κ2) is 5.25. The summed E-state index contributed by atoms with van der Waals surface area (Å²) < 4.78 is 5.63. The summed E-state index contributed by atoms with van der Waals surface area (Å²) >= 11 is 1.74. The minimum atomic E-state index is -0.0479. The molecule has 1 fully saturated rings. The van der Waals surface area contributed by atoms with E-state index in [1.54, 1.807) is 18.4 Å². The van der Waals surface area contributed by atoms with E-state index in [2.05, 4.69) is 22.6 Å². The van der Waals surface area contributed by atoms with Crippen LogP contribution in [0.25, 0.3) is 0 Å². The maximum Gasteiger partial charge on any atom is 0.125 e. The first-order valence-electron chi connectivity index (χ1n) is 6.01. The Morgan fingerprint density at radius 3 is 2.94 bits per heavy atom. The monoisotopic (exact) mass is 240 g/mol. The van der Waals surface area contributed by atoms with Gasteiger partial charge in [-0.3, -0.25) is 0 Å². The lowest BCUT2D eigenvalue weighted by molar-refractivity contribution is -0.0780. The van der Waals surface area contributed by atoms with E-state index < -0.39 is 0 Å². The molecule has 0 unspecified atom stereocenters. The van der Waals surface area contributed by atoms with Crippen LogP contribution >= 0.6 is 11.3 Å². The van der Waals surface area contributed by atoms with Crippen molar-refractivity contribution in [1.29, 1.82) is 0 Å². The molecule has 90 valence electrons. The number of hydrogen-bond acceptors (Lipinski definition) is 4. The van der Waals surface area contributed by atoms with Crippen molar-refractivity contribution in [3.8, 4) is 0 Å².